The van der Waals surface area contributed by atoms with Gasteiger partial charge < -0.3 is 5.32 Å². The lowest BCUT2D eigenvalue weighted by Crippen LogP contribution is -2.23. The second-order valence-corrected chi connectivity index (χ2v) is 9.10. The molecule has 3 N–H and O–H groups in total. The lowest BCUT2D eigenvalue weighted by Gasteiger charge is -2.12. The van der Waals surface area contributed by atoms with Gasteiger partial charge in [-0.2, -0.15) is 5.10 Å². The van der Waals surface area contributed by atoms with Gasteiger partial charge in [-0.05, 0) is 43.5 Å². The molecule has 0 atom stereocenters. The molecule has 0 saturated carbocycles. The number of hydrogen-bond acceptors (Lipinski definition) is 5. The van der Waals surface area contributed by atoms with E-state index in [1.54, 1.807) is 24.4 Å². The van der Waals surface area contributed by atoms with Gasteiger partial charge in [0.15, 0.2) is 5.65 Å². The number of nitrogens with one attached hydrogen (secondary N) is 1. The smallest absolute Gasteiger partial charge is 0.252 e. The normalized spacial score (nSPS) is 12.1. The van der Waals surface area contributed by atoms with Crippen LogP contribution in [0.25, 0.3) is 11.0 Å². The number of fused-ring (bicyclic) bond motifs is 1. The fraction of sp³-hybridized carbons (Fsp3) is 0.350. The van der Waals surface area contributed by atoms with Crippen LogP contribution in [0, 0.1) is 0 Å². The van der Waals surface area contributed by atoms with Gasteiger partial charge >= 0.3 is 0 Å². The van der Waals surface area contributed by atoms with Crippen LogP contribution in [0.3, 0.4) is 0 Å². The van der Waals surface area contributed by atoms with E-state index >= 15 is 0 Å². The zero-order valence-electron chi connectivity index (χ0n) is 16.9. The first-order valence-corrected chi connectivity index (χ1v) is 10.9. The van der Waals surface area contributed by atoms with E-state index in [1.807, 2.05) is 32.4 Å². The Kier molecular flexibility index (Phi) is 5.72. The Hall–Kier alpha value is -2.78. The molecule has 1 amide bonds. The number of rotatable bonds is 6. The third-order valence-corrected chi connectivity index (χ3v) is 5.55. The molecule has 29 heavy (non-hydrogen) atoms. The number of aromatic nitrogens is 3. The molecule has 0 spiro atoms. The molecule has 0 aliphatic heterocycles. The van der Waals surface area contributed by atoms with E-state index < -0.39 is 10.0 Å². The average molecular weight is 416 g/mol. The number of pyridine rings is 1. The first kappa shape index (κ1) is 20.9. The van der Waals surface area contributed by atoms with E-state index in [2.05, 4.69) is 10.4 Å². The maximum atomic E-state index is 12.9. The fourth-order valence-corrected chi connectivity index (χ4v) is 3.49. The van der Waals surface area contributed by atoms with E-state index in [-0.39, 0.29) is 29.3 Å². The van der Waals surface area contributed by atoms with Crippen LogP contribution < -0.4 is 10.5 Å². The van der Waals surface area contributed by atoms with Crippen molar-refractivity contribution in [3.63, 3.8) is 0 Å². The summed E-state index contributed by atoms with van der Waals surface area (Å²) in [5.41, 5.74) is 2.79. The van der Waals surface area contributed by atoms with E-state index in [1.165, 1.54) is 12.1 Å². The van der Waals surface area contributed by atoms with Crippen LogP contribution in [-0.2, 0) is 16.6 Å². The van der Waals surface area contributed by atoms with Gasteiger partial charge in [0.1, 0.15) is 0 Å². The molecule has 2 heterocycles. The number of benzene rings is 1. The summed E-state index contributed by atoms with van der Waals surface area (Å²) >= 11 is 0. The van der Waals surface area contributed by atoms with E-state index in [0.29, 0.717) is 16.6 Å². The Morgan fingerprint density at radius 2 is 1.83 bits per heavy atom. The molecule has 1 aromatic carbocycles. The maximum absolute atomic E-state index is 12.9. The highest BCUT2D eigenvalue weighted by molar-refractivity contribution is 7.89. The van der Waals surface area contributed by atoms with Crippen molar-refractivity contribution in [3.8, 4) is 0 Å². The Bertz CT molecular complexity index is 1150. The topological polar surface area (TPSA) is 120 Å². The van der Waals surface area contributed by atoms with Crippen molar-refractivity contribution in [1.82, 2.24) is 20.1 Å². The van der Waals surface area contributed by atoms with Crippen molar-refractivity contribution in [1.29, 1.82) is 0 Å². The Morgan fingerprint density at radius 1 is 1.17 bits per heavy atom. The van der Waals surface area contributed by atoms with Crippen LogP contribution in [0.5, 0.6) is 0 Å². The molecule has 0 unspecified atom stereocenters. The van der Waals surface area contributed by atoms with Crippen molar-refractivity contribution in [2.24, 2.45) is 5.14 Å². The summed E-state index contributed by atoms with van der Waals surface area (Å²) in [6.07, 6.45) is 1.67. The summed E-state index contributed by atoms with van der Waals surface area (Å²) in [5, 5.41) is 13.1. The van der Waals surface area contributed by atoms with Crippen LogP contribution in [0.15, 0.2) is 41.4 Å². The largest absolute Gasteiger partial charge is 0.348 e. The van der Waals surface area contributed by atoms with Crippen molar-refractivity contribution in [2.45, 2.75) is 51.1 Å². The third-order valence-electron chi connectivity index (χ3n) is 4.62. The van der Waals surface area contributed by atoms with Crippen LogP contribution in [0.1, 0.15) is 61.3 Å². The summed E-state index contributed by atoms with van der Waals surface area (Å²) in [5.74, 6) is -0.0784. The monoisotopic (exact) mass is 415 g/mol. The van der Waals surface area contributed by atoms with E-state index in [9.17, 15) is 13.2 Å². The number of carbonyl (C=O) groups excluding carboxylic acids is 1. The standard InChI is InChI=1S/C20H25N5O3S/c1-12(2)18-9-16(17-11-23-25(13(3)4)19(17)24-18)20(26)22-10-14-5-7-15(8-6-14)29(21,27)28/h5-9,11-13H,10H2,1-4H3,(H,22,26)(H2,21,27,28). The average Bonchev–Trinajstić information content (AvgIpc) is 3.09. The summed E-state index contributed by atoms with van der Waals surface area (Å²) < 4.78 is 24.5. The van der Waals surface area contributed by atoms with Gasteiger partial charge in [-0.15, -0.1) is 0 Å². The Labute approximate surface area is 170 Å². The van der Waals surface area contributed by atoms with Crippen molar-refractivity contribution in [3.05, 3.63) is 53.3 Å². The third kappa shape index (κ3) is 4.46. The molecule has 154 valence electrons. The molecule has 0 aliphatic carbocycles. The number of nitrogens with zero attached hydrogens (tertiary/aromatic N) is 3. The number of primary sulfonamides is 1. The first-order chi connectivity index (χ1) is 13.6. The lowest BCUT2D eigenvalue weighted by atomic mass is 10.0. The van der Waals surface area contributed by atoms with Crippen molar-refractivity contribution >= 4 is 27.0 Å². The number of carbonyl (C=O) groups is 1. The van der Waals surface area contributed by atoms with E-state index in [0.717, 1.165) is 11.3 Å². The molecule has 0 bridgehead atoms. The minimum atomic E-state index is -3.74. The minimum absolute atomic E-state index is 0.0334. The minimum Gasteiger partial charge on any atom is -0.348 e. The van der Waals surface area contributed by atoms with Crippen LogP contribution >= 0.6 is 0 Å². The predicted molar refractivity (Wildman–Crippen MR) is 111 cm³/mol. The molecule has 0 fully saturated rings. The Balaban J connectivity index is 1.88. The second kappa shape index (κ2) is 7.92. The van der Waals surface area contributed by atoms with Crippen molar-refractivity contribution < 1.29 is 13.2 Å². The van der Waals surface area contributed by atoms with Gasteiger partial charge in [0.05, 0.1) is 22.0 Å². The van der Waals surface area contributed by atoms with Gasteiger partial charge in [-0.1, -0.05) is 26.0 Å². The molecule has 0 saturated heterocycles. The number of amides is 1. The van der Waals surface area contributed by atoms with Crippen LogP contribution in [0.2, 0.25) is 0 Å². The van der Waals surface area contributed by atoms with Crippen molar-refractivity contribution in [2.75, 3.05) is 0 Å². The maximum Gasteiger partial charge on any atom is 0.252 e. The summed E-state index contributed by atoms with van der Waals surface area (Å²) in [4.78, 5) is 17.7. The fourth-order valence-electron chi connectivity index (χ4n) is 2.97. The van der Waals surface area contributed by atoms with E-state index in [4.69, 9.17) is 10.1 Å². The summed E-state index contributed by atoms with van der Waals surface area (Å²) in [7, 11) is -3.74. The van der Waals surface area contributed by atoms with Gasteiger partial charge in [0, 0.05) is 18.3 Å². The SMILES string of the molecule is CC(C)c1cc(C(=O)NCc2ccc(S(N)(=O)=O)cc2)c2cnn(C(C)C)c2n1. The molecule has 8 nitrogen and oxygen atoms in total. The molecule has 0 radical (unpaired) electrons. The van der Waals surface area contributed by atoms with Gasteiger partial charge in [0.2, 0.25) is 10.0 Å². The second-order valence-electron chi connectivity index (χ2n) is 7.54. The molecular formula is C20H25N5O3S. The summed E-state index contributed by atoms with van der Waals surface area (Å²) in [6, 6.07) is 8.02. The number of hydrogen-bond donors (Lipinski definition) is 2. The molecular weight excluding hydrogens is 390 g/mol. The molecule has 3 rings (SSSR count). The highest BCUT2D eigenvalue weighted by atomic mass is 32.2. The van der Waals surface area contributed by atoms with Gasteiger partial charge in [-0.25, -0.2) is 23.2 Å². The van der Waals surface area contributed by atoms with Gasteiger partial charge in [-0.3, -0.25) is 4.79 Å². The summed E-state index contributed by atoms with van der Waals surface area (Å²) in [6.45, 7) is 8.34. The number of sulfonamides is 1. The zero-order chi connectivity index (χ0) is 21.3. The highest BCUT2D eigenvalue weighted by Gasteiger charge is 2.19. The van der Waals surface area contributed by atoms with Gasteiger partial charge in [0.25, 0.3) is 5.91 Å². The molecule has 3 aromatic rings. The molecule has 9 heteroatoms. The molecule has 2 aromatic heterocycles. The Morgan fingerprint density at radius 3 is 2.38 bits per heavy atom. The predicted octanol–water partition coefficient (Wildman–Crippen LogP) is 2.71. The highest BCUT2D eigenvalue weighted by Crippen LogP contribution is 2.24. The van der Waals surface area contributed by atoms with Crippen LogP contribution in [0.4, 0.5) is 0 Å². The zero-order valence-corrected chi connectivity index (χ0v) is 17.7. The first-order valence-electron chi connectivity index (χ1n) is 9.36. The lowest BCUT2D eigenvalue weighted by molar-refractivity contribution is 0.0952. The quantitative estimate of drug-likeness (QED) is 0.641. The van der Waals surface area contributed by atoms with Crippen LogP contribution in [-0.4, -0.2) is 29.1 Å². The molecule has 0 aliphatic rings. The number of nitrogens with two attached hydrogens (primary N) is 1.